The summed E-state index contributed by atoms with van der Waals surface area (Å²) in [6.45, 7) is 4.28. The number of ether oxygens (including phenoxy) is 1. The van der Waals surface area contributed by atoms with Crippen molar-refractivity contribution in [2.45, 2.75) is 13.0 Å². The maximum atomic E-state index is 12.5. The summed E-state index contributed by atoms with van der Waals surface area (Å²) in [5.41, 5.74) is 0. The van der Waals surface area contributed by atoms with E-state index in [2.05, 4.69) is 20.9 Å². The van der Waals surface area contributed by atoms with Crippen LogP contribution in [0.2, 0.25) is 0 Å². The molecule has 0 bridgehead atoms. The van der Waals surface area contributed by atoms with Crippen LogP contribution in [0, 0.1) is 11.5 Å². The molecule has 1 atom stereocenters. The number of rotatable bonds is 3. The number of benzene rings is 1. The Morgan fingerprint density at radius 3 is 2.42 bits per heavy atom. The second-order valence-electron chi connectivity index (χ2n) is 5.22. The van der Waals surface area contributed by atoms with E-state index in [0.29, 0.717) is 37.1 Å². The quantitative estimate of drug-likeness (QED) is 0.435. The molecule has 1 aliphatic rings. The molecule has 1 heterocycles. The Morgan fingerprint density at radius 1 is 1.29 bits per heavy atom. The number of halogens is 1. The summed E-state index contributed by atoms with van der Waals surface area (Å²) in [5, 5.41) is 9.41. The monoisotopic (exact) mass is 410 g/mol. The third-order valence-corrected chi connectivity index (χ3v) is 4.91. The first-order valence-corrected chi connectivity index (χ1v) is 9.53. The molecular formula is C16H19BrN4O2S. The molecule has 1 saturated heterocycles. The number of carbonyl (C=O) groups excluding carboxylic acids is 1. The van der Waals surface area contributed by atoms with E-state index in [0.717, 1.165) is 4.47 Å². The van der Waals surface area contributed by atoms with Crippen molar-refractivity contribution in [3.05, 3.63) is 28.7 Å². The van der Waals surface area contributed by atoms with E-state index in [-0.39, 0.29) is 5.91 Å². The van der Waals surface area contributed by atoms with Crippen molar-refractivity contribution in [3.8, 4) is 11.9 Å². The first-order valence-electron chi connectivity index (χ1n) is 7.52. The van der Waals surface area contributed by atoms with Gasteiger partial charge in [-0.1, -0.05) is 27.7 Å². The summed E-state index contributed by atoms with van der Waals surface area (Å²) in [5.74, 6) is 0.643. The van der Waals surface area contributed by atoms with Crippen molar-refractivity contribution in [1.82, 2.24) is 9.80 Å². The summed E-state index contributed by atoms with van der Waals surface area (Å²) < 4.78 is 6.69. The number of nitriles is 1. The fraction of sp³-hybridized carbons (Fsp3) is 0.438. The largest absolute Gasteiger partial charge is 0.481 e. The van der Waals surface area contributed by atoms with Gasteiger partial charge >= 0.3 is 0 Å². The zero-order valence-electron chi connectivity index (χ0n) is 13.6. The summed E-state index contributed by atoms with van der Waals surface area (Å²) in [6.07, 6.45) is 3.18. The van der Waals surface area contributed by atoms with Crippen LogP contribution in [-0.4, -0.2) is 59.4 Å². The van der Waals surface area contributed by atoms with Crippen LogP contribution >= 0.6 is 27.7 Å². The standard InChI is InChI=1S/C16H19BrN4O2S/c1-12(23-14-5-3-13(17)4-6-14)15(22)20-7-9-21(10-8-20)16(24-2)19-11-18/h3-6,12H,7-10H2,1-2H3/b19-16-/t12-/m0/s1. The van der Waals surface area contributed by atoms with Gasteiger partial charge in [-0.25, -0.2) is 0 Å². The molecular weight excluding hydrogens is 392 g/mol. The maximum Gasteiger partial charge on any atom is 0.263 e. The smallest absolute Gasteiger partial charge is 0.263 e. The summed E-state index contributed by atoms with van der Waals surface area (Å²) >= 11 is 4.81. The van der Waals surface area contributed by atoms with Gasteiger partial charge in [-0.2, -0.15) is 5.26 Å². The maximum absolute atomic E-state index is 12.5. The number of thioether (sulfide) groups is 1. The van der Waals surface area contributed by atoms with Gasteiger partial charge in [-0.05, 0) is 37.4 Å². The number of amides is 1. The highest BCUT2D eigenvalue weighted by Crippen LogP contribution is 2.18. The van der Waals surface area contributed by atoms with Crippen LogP contribution in [0.15, 0.2) is 33.7 Å². The number of nitrogens with zero attached hydrogens (tertiary/aromatic N) is 4. The Kier molecular flexibility index (Phi) is 6.94. The highest BCUT2D eigenvalue weighted by Gasteiger charge is 2.27. The molecule has 0 aliphatic carbocycles. The van der Waals surface area contributed by atoms with Crippen LogP contribution in [0.5, 0.6) is 5.75 Å². The predicted molar refractivity (Wildman–Crippen MR) is 98.9 cm³/mol. The molecule has 1 fully saturated rings. The molecule has 0 radical (unpaired) electrons. The lowest BCUT2D eigenvalue weighted by Crippen LogP contribution is -2.52. The first-order chi connectivity index (χ1) is 11.5. The fourth-order valence-electron chi connectivity index (χ4n) is 2.43. The second kappa shape index (κ2) is 8.94. The van der Waals surface area contributed by atoms with Crippen molar-refractivity contribution in [1.29, 1.82) is 5.26 Å². The Labute approximate surface area is 154 Å². The van der Waals surface area contributed by atoms with Crippen LogP contribution in [0.1, 0.15) is 6.92 Å². The van der Waals surface area contributed by atoms with Crippen LogP contribution in [0.3, 0.4) is 0 Å². The Balaban J connectivity index is 1.89. The van der Waals surface area contributed by atoms with Gasteiger partial charge in [0.15, 0.2) is 11.3 Å². The van der Waals surface area contributed by atoms with Gasteiger partial charge in [-0.15, -0.1) is 4.99 Å². The van der Waals surface area contributed by atoms with E-state index in [4.69, 9.17) is 10.00 Å². The molecule has 0 saturated carbocycles. The first kappa shape index (κ1) is 18.6. The summed E-state index contributed by atoms with van der Waals surface area (Å²) in [7, 11) is 0. The zero-order chi connectivity index (χ0) is 17.5. The van der Waals surface area contributed by atoms with Crippen LogP contribution < -0.4 is 4.74 Å². The average Bonchev–Trinajstić information content (AvgIpc) is 2.61. The van der Waals surface area contributed by atoms with Crippen molar-refractivity contribution in [2.24, 2.45) is 4.99 Å². The second-order valence-corrected chi connectivity index (χ2v) is 6.91. The number of aliphatic imine (C=N–C) groups is 1. The molecule has 0 spiro atoms. The lowest BCUT2D eigenvalue weighted by atomic mass is 10.2. The number of hydrogen-bond donors (Lipinski definition) is 0. The highest BCUT2D eigenvalue weighted by molar-refractivity contribution is 9.10. The number of hydrogen-bond acceptors (Lipinski definition) is 5. The van der Waals surface area contributed by atoms with Crippen molar-refractivity contribution >= 4 is 38.8 Å². The highest BCUT2D eigenvalue weighted by atomic mass is 79.9. The molecule has 24 heavy (non-hydrogen) atoms. The van der Waals surface area contributed by atoms with Gasteiger partial charge in [0.1, 0.15) is 5.75 Å². The van der Waals surface area contributed by atoms with Gasteiger partial charge in [0.25, 0.3) is 5.91 Å². The molecule has 2 rings (SSSR count). The predicted octanol–water partition coefficient (Wildman–Crippen LogP) is 2.56. The van der Waals surface area contributed by atoms with E-state index < -0.39 is 6.10 Å². The lowest BCUT2D eigenvalue weighted by Gasteiger charge is -2.36. The summed E-state index contributed by atoms with van der Waals surface area (Å²) in [6, 6.07) is 7.41. The molecule has 1 aromatic rings. The van der Waals surface area contributed by atoms with E-state index in [1.54, 1.807) is 11.8 Å². The van der Waals surface area contributed by atoms with Crippen molar-refractivity contribution < 1.29 is 9.53 Å². The van der Waals surface area contributed by atoms with Crippen LogP contribution in [0.4, 0.5) is 0 Å². The van der Waals surface area contributed by atoms with E-state index in [1.807, 2.05) is 41.6 Å². The third-order valence-electron chi connectivity index (χ3n) is 3.66. The van der Waals surface area contributed by atoms with Crippen molar-refractivity contribution in [3.63, 3.8) is 0 Å². The van der Waals surface area contributed by atoms with Gasteiger partial charge < -0.3 is 14.5 Å². The van der Waals surface area contributed by atoms with Gasteiger partial charge in [0.2, 0.25) is 6.19 Å². The van der Waals surface area contributed by atoms with Gasteiger partial charge in [-0.3, -0.25) is 4.79 Å². The van der Waals surface area contributed by atoms with E-state index >= 15 is 0 Å². The van der Waals surface area contributed by atoms with Gasteiger partial charge in [0.05, 0.1) is 0 Å². The SMILES string of the molecule is CS/C(=N\C#N)N1CCN(C(=O)[C@H](C)Oc2ccc(Br)cc2)CC1. The molecule has 6 nitrogen and oxygen atoms in total. The Morgan fingerprint density at radius 2 is 1.88 bits per heavy atom. The molecule has 8 heteroatoms. The molecule has 1 aromatic carbocycles. The van der Waals surface area contributed by atoms with Gasteiger partial charge in [0, 0.05) is 30.7 Å². The van der Waals surface area contributed by atoms with E-state index in [9.17, 15) is 4.79 Å². The van der Waals surface area contributed by atoms with Crippen molar-refractivity contribution in [2.75, 3.05) is 32.4 Å². The molecule has 1 aliphatic heterocycles. The minimum absolute atomic E-state index is 0.0273. The molecule has 1 amide bonds. The molecule has 0 unspecified atom stereocenters. The number of piperazine rings is 1. The average molecular weight is 411 g/mol. The number of carbonyl (C=O) groups is 1. The minimum atomic E-state index is -0.537. The fourth-order valence-corrected chi connectivity index (χ4v) is 3.27. The molecule has 0 N–H and O–H groups in total. The normalized spacial score (nSPS) is 16.5. The number of amidine groups is 1. The van der Waals surface area contributed by atoms with Crippen LogP contribution in [0.25, 0.3) is 0 Å². The summed E-state index contributed by atoms with van der Waals surface area (Å²) in [4.78, 5) is 20.2. The molecule has 128 valence electrons. The third kappa shape index (κ3) is 4.89. The topological polar surface area (TPSA) is 68.9 Å². The Bertz CT molecular complexity index is 636. The Hall–Kier alpha value is -1.72. The molecule has 0 aromatic heterocycles. The zero-order valence-corrected chi connectivity index (χ0v) is 16.0. The van der Waals surface area contributed by atoms with Crippen LogP contribution in [-0.2, 0) is 4.79 Å². The minimum Gasteiger partial charge on any atom is -0.481 e. The van der Waals surface area contributed by atoms with E-state index in [1.165, 1.54) is 11.8 Å². The lowest BCUT2D eigenvalue weighted by molar-refractivity contribution is -0.139.